The average Bonchev–Trinajstić information content (AvgIpc) is 3.19. The topological polar surface area (TPSA) is 99.0 Å². The molecule has 0 spiro atoms. The highest BCUT2D eigenvalue weighted by Gasteiger charge is 2.16. The van der Waals surface area contributed by atoms with Gasteiger partial charge < -0.3 is 14.8 Å². The summed E-state index contributed by atoms with van der Waals surface area (Å²) < 4.78 is 11.2. The van der Waals surface area contributed by atoms with Gasteiger partial charge in [-0.15, -0.1) is 11.3 Å². The molecule has 0 saturated heterocycles. The van der Waals surface area contributed by atoms with Gasteiger partial charge >= 0.3 is 11.9 Å². The van der Waals surface area contributed by atoms with Crippen molar-refractivity contribution in [2.75, 3.05) is 19.5 Å². The fourth-order valence-electron chi connectivity index (χ4n) is 2.61. The first-order valence-electron chi connectivity index (χ1n) is 7.95. The molecule has 1 N–H and O–H groups in total. The van der Waals surface area contributed by atoms with Crippen LogP contribution in [0.15, 0.2) is 29.8 Å². The number of esters is 2. The molecule has 0 radical (unpaired) electrons. The van der Waals surface area contributed by atoms with Gasteiger partial charge in [0, 0.05) is 23.0 Å². The molecule has 0 bridgehead atoms. The molecule has 0 aliphatic carbocycles. The number of benzene rings is 1. The van der Waals surface area contributed by atoms with Gasteiger partial charge in [0.2, 0.25) is 5.91 Å². The fourth-order valence-corrected chi connectivity index (χ4v) is 3.53. The lowest BCUT2D eigenvalue weighted by Gasteiger charge is -2.09. The van der Waals surface area contributed by atoms with E-state index in [-0.39, 0.29) is 23.5 Å². The standard InChI is InChI=1S/C18H17N3O5S/c1-10-8-21-14(9-27-18(21)19-10)7-15(22)20-13-5-11(16(23)25-2)4-12(6-13)17(24)26-3/h4-6,8-9H,7H2,1-3H3,(H,20,22). The van der Waals surface area contributed by atoms with Crippen LogP contribution in [-0.4, -0.2) is 41.5 Å². The van der Waals surface area contributed by atoms with Gasteiger partial charge in [-0.3, -0.25) is 9.20 Å². The van der Waals surface area contributed by atoms with Gasteiger partial charge in [-0.2, -0.15) is 0 Å². The van der Waals surface area contributed by atoms with Gasteiger partial charge in [0.25, 0.3) is 0 Å². The van der Waals surface area contributed by atoms with Crippen LogP contribution in [0, 0.1) is 6.92 Å². The van der Waals surface area contributed by atoms with E-state index >= 15 is 0 Å². The third kappa shape index (κ3) is 3.98. The van der Waals surface area contributed by atoms with Gasteiger partial charge in [-0.25, -0.2) is 14.6 Å². The van der Waals surface area contributed by atoms with E-state index in [2.05, 4.69) is 19.8 Å². The molecular weight excluding hydrogens is 370 g/mol. The quantitative estimate of drug-likeness (QED) is 0.675. The van der Waals surface area contributed by atoms with Crippen LogP contribution < -0.4 is 5.32 Å². The van der Waals surface area contributed by atoms with E-state index < -0.39 is 11.9 Å². The van der Waals surface area contributed by atoms with Crippen LogP contribution >= 0.6 is 11.3 Å². The van der Waals surface area contributed by atoms with Gasteiger partial charge in [0.1, 0.15) is 0 Å². The maximum atomic E-state index is 12.5. The lowest BCUT2D eigenvalue weighted by atomic mass is 10.1. The highest BCUT2D eigenvalue weighted by atomic mass is 32.1. The van der Waals surface area contributed by atoms with Crippen molar-refractivity contribution in [3.05, 3.63) is 52.3 Å². The molecule has 0 saturated carbocycles. The Morgan fingerprint density at radius 3 is 2.33 bits per heavy atom. The molecule has 0 atom stereocenters. The van der Waals surface area contributed by atoms with Crippen LogP contribution in [0.25, 0.3) is 4.96 Å². The normalized spacial score (nSPS) is 10.6. The maximum Gasteiger partial charge on any atom is 0.337 e. The van der Waals surface area contributed by atoms with E-state index in [9.17, 15) is 14.4 Å². The molecule has 2 heterocycles. The number of fused-ring (bicyclic) bond motifs is 1. The van der Waals surface area contributed by atoms with E-state index in [0.29, 0.717) is 5.69 Å². The second-order valence-corrected chi connectivity index (χ2v) is 6.61. The van der Waals surface area contributed by atoms with E-state index in [1.54, 1.807) is 0 Å². The number of nitrogens with one attached hydrogen (secondary N) is 1. The predicted molar refractivity (Wildman–Crippen MR) is 99.3 cm³/mol. The Morgan fingerprint density at radius 1 is 1.11 bits per heavy atom. The van der Waals surface area contributed by atoms with Crippen LogP contribution in [-0.2, 0) is 20.7 Å². The van der Waals surface area contributed by atoms with Gasteiger partial charge in [0.15, 0.2) is 4.96 Å². The first-order chi connectivity index (χ1) is 12.9. The summed E-state index contributed by atoms with van der Waals surface area (Å²) in [5, 5.41) is 4.57. The lowest BCUT2D eigenvalue weighted by Crippen LogP contribution is -2.16. The van der Waals surface area contributed by atoms with E-state index in [1.807, 2.05) is 22.9 Å². The molecule has 0 unspecified atom stereocenters. The highest BCUT2D eigenvalue weighted by molar-refractivity contribution is 7.15. The van der Waals surface area contributed by atoms with Crippen molar-refractivity contribution >= 4 is 39.8 Å². The van der Waals surface area contributed by atoms with Crippen molar-refractivity contribution in [2.24, 2.45) is 0 Å². The molecule has 8 nitrogen and oxygen atoms in total. The third-order valence-electron chi connectivity index (χ3n) is 3.80. The molecule has 1 aromatic carbocycles. The Kier molecular flexibility index (Phi) is 5.22. The van der Waals surface area contributed by atoms with E-state index in [4.69, 9.17) is 0 Å². The van der Waals surface area contributed by atoms with Crippen LogP contribution in [0.1, 0.15) is 32.1 Å². The van der Waals surface area contributed by atoms with Crippen molar-refractivity contribution in [2.45, 2.75) is 13.3 Å². The number of anilines is 1. The summed E-state index contributed by atoms with van der Waals surface area (Å²) in [6, 6.07) is 4.24. The Balaban J connectivity index is 1.83. The molecule has 1 amide bonds. The minimum absolute atomic E-state index is 0.117. The number of methoxy groups -OCH3 is 2. The molecule has 27 heavy (non-hydrogen) atoms. The Hall–Kier alpha value is -3.20. The molecule has 9 heteroatoms. The first-order valence-corrected chi connectivity index (χ1v) is 8.83. The Morgan fingerprint density at radius 2 is 1.74 bits per heavy atom. The number of carbonyl (C=O) groups excluding carboxylic acids is 3. The number of aryl methyl sites for hydroxylation is 1. The summed E-state index contributed by atoms with van der Waals surface area (Å²) in [5.41, 5.74) is 2.25. The number of thiazole rings is 1. The molecule has 2 aromatic heterocycles. The lowest BCUT2D eigenvalue weighted by molar-refractivity contribution is -0.115. The second-order valence-electron chi connectivity index (χ2n) is 5.77. The summed E-state index contributed by atoms with van der Waals surface area (Å²) >= 11 is 1.45. The molecule has 3 aromatic rings. The number of carbonyl (C=O) groups is 3. The van der Waals surface area contributed by atoms with Gasteiger partial charge in [-0.05, 0) is 25.1 Å². The molecule has 0 aliphatic rings. The summed E-state index contributed by atoms with van der Waals surface area (Å²) in [4.78, 5) is 41.3. The predicted octanol–water partition coefficient (Wildman–Crippen LogP) is 2.46. The summed E-state index contributed by atoms with van der Waals surface area (Å²) in [6.07, 6.45) is 1.98. The summed E-state index contributed by atoms with van der Waals surface area (Å²) in [5.74, 6) is -1.53. The zero-order chi connectivity index (χ0) is 19.6. The largest absolute Gasteiger partial charge is 0.465 e. The minimum atomic E-state index is -0.621. The molecule has 3 rings (SSSR count). The van der Waals surface area contributed by atoms with Crippen LogP contribution in [0.5, 0.6) is 0 Å². The smallest absolute Gasteiger partial charge is 0.337 e. The van der Waals surface area contributed by atoms with Crippen molar-refractivity contribution in [1.82, 2.24) is 9.38 Å². The van der Waals surface area contributed by atoms with Crippen LogP contribution in [0.4, 0.5) is 5.69 Å². The number of aromatic nitrogens is 2. The van der Waals surface area contributed by atoms with E-state index in [0.717, 1.165) is 16.3 Å². The Labute approximate surface area is 158 Å². The third-order valence-corrected chi connectivity index (χ3v) is 4.69. The zero-order valence-corrected chi connectivity index (χ0v) is 15.8. The second kappa shape index (κ2) is 7.58. The molecule has 0 fully saturated rings. The van der Waals surface area contributed by atoms with Crippen molar-refractivity contribution in [3.8, 4) is 0 Å². The fraction of sp³-hybridized carbons (Fsp3) is 0.222. The molecule has 0 aliphatic heterocycles. The summed E-state index contributed by atoms with van der Waals surface area (Å²) in [6.45, 7) is 1.89. The number of ether oxygens (including phenoxy) is 2. The summed E-state index contributed by atoms with van der Waals surface area (Å²) in [7, 11) is 2.47. The van der Waals surface area contributed by atoms with Crippen molar-refractivity contribution in [1.29, 1.82) is 0 Å². The average molecular weight is 387 g/mol. The van der Waals surface area contributed by atoms with Crippen LogP contribution in [0.2, 0.25) is 0 Å². The van der Waals surface area contributed by atoms with Gasteiger partial charge in [-0.1, -0.05) is 0 Å². The number of imidazole rings is 1. The highest BCUT2D eigenvalue weighted by Crippen LogP contribution is 2.19. The minimum Gasteiger partial charge on any atom is -0.465 e. The number of nitrogens with zero attached hydrogens (tertiary/aromatic N) is 2. The number of hydrogen-bond acceptors (Lipinski definition) is 7. The SMILES string of the molecule is COC(=O)c1cc(NC(=O)Cc2csc3nc(C)cn23)cc(C(=O)OC)c1. The molecule has 140 valence electrons. The Bertz CT molecular complexity index is 1000. The van der Waals surface area contributed by atoms with Crippen molar-refractivity contribution in [3.63, 3.8) is 0 Å². The number of hydrogen-bond donors (Lipinski definition) is 1. The van der Waals surface area contributed by atoms with Crippen LogP contribution in [0.3, 0.4) is 0 Å². The molecular formula is C18H17N3O5S. The monoisotopic (exact) mass is 387 g/mol. The number of rotatable bonds is 5. The number of amides is 1. The first kappa shape index (κ1) is 18.6. The zero-order valence-electron chi connectivity index (χ0n) is 14.9. The van der Waals surface area contributed by atoms with Crippen molar-refractivity contribution < 1.29 is 23.9 Å². The maximum absolute atomic E-state index is 12.5. The van der Waals surface area contributed by atoms with Gasteiger partial charge in [0.05, 0.1) is 37.5 Å². The van der Waals surface area contributed by atoms with E-state index in [1.165, 1.54) is 43.8 Å².